The van der Waals surface area contributed by atoms with Crippen LogP contribution in [0.2, 0.25) is 0 Å². The van der Waals surface area contributed by atoms with Crippen molar-refractivity contribution < 1.29 is 24.0 Å². The minimum atomic E-state index is -1.04. The molecule has 0 saturated carbocycles. The van der Waals surface area contributed by atoms with Crippen molar-refractivity contribution in [3.05, 3.63) is 22.4 Å². The van der Waals surface area contributed by atoms with Gasteiger partial charge in [0.15, 0.2) is 0 Å². The van der Waals surface area contributed by atoms with E-state index in [0.29, 0.717) is 32.3 Å². The molecule has 2 heterocycles. The van der Waals surface area contributed by atoms with Gasteiger partial charge in [-0.1, -0.05) is 6.07 Å². The maximum Gasteiger partial charge on any atom is 0.478 e. The van der Waals surface area contributed by atoms with Gasteiger partial charge in [0.25, 0.3) is 0 Å². The first-order valence-electron chi connectivity index (χ1n) is 7.89. The highest BCUT2D eigenvalue weighted by Gasteiger charge is 2.36. The topological polar surface area (TPSA) is 84.9 Å². The van der Waals surface area contributed by atoms with Gasteiger partial charge in [-0.15, -0.1) is 11.3 Å². The van der Waals surface area contributed by atoms with Gasteiger partial charge in [0.05, 0.1) is 19.0 Å². The molecule has 0 bridgehead atoms. The summed E-state index contributed by atoms with van der Waals surface area (Å²) in [5.41, 5.74) is 0. The van der Waals surface area contributed by atoms with E-state index in [1.807, 2.05) is 17.5 Å². The van der Waals surface area contributed by atoms with E-state index in [4.69, 9.17) is 9.39 Å². The molecule has 0 radical (unpaired) electrons. The summed E-state index contributed by atoms with van der Waals surface area (Å²) >= 11 is 1.53. The van der Waals surface area contributed by atoms with E-state index in [1.54, 1.807) is 6.92 Å². The number of carbonyl (C=O) groups excluding carboxylic acids is 2. The molecule has 126 valence electrons. The predicted octanol–water partition coefficient (Wildman–Crippen LogP) is 1.32. The number of thiophene rings is 1. The smallest absolute Gasteiger partial charge is 0.466 e. The molecule has 1 aliphatic heterocycles. The van der Waals surface area contributed by atoms with Gasteiger partial charge in [0.2, 0.25) is 5.91 Å². The summed E-state index contributed by atoms with van der Waals surface area (Å²) in [6, 6.07) is 3.81. The van der Waals surface area contributed by atoms with Crippen molar-refractivity contribution in [1.82, 2.24) is 5.32 Å². The molecule has 1 aromatic heterocycles. The van der Waals surface area contributed by atoms with Gasteiger partial charge >= 0.3 is 13.1 Å². The number of ether oxygens (including phenoxy) is 1. The van der Waals surface area contributed by atoms with Crippen molar-refractivity contribution in [2.24, 2.45) is 0 Å². The number of hydrogen-bond donors (Lipinski definition) is 2. The number of rotatable bonds is 7. The van der Waals surface area contributed by atoms with E-state index < -0.39 is 13.1 Å². The van der Waals surface area contributed by atoms with Crippen molar-refractivity contribution in [1.29, 1.82) is 0 Å². The summed E-state index contributed by atoms with van der Waals surface area (Å²) in [7, 11) is -1.04. The van der Waals surface area contributed by atoms with Crippen molar-refractivity contribution in [3.8, 4) is 0 Å². The van der Waals surface area contributed by atoms with E-state index in [9.17, 15) is 14.6 Å². The average molecular weight is 339 g/mol. The van der Waals surface area contributed by atoms with E-state index in [0.717, 1.165) is 4.88 Å². The Morgan fingerprint density at radius 3 is 3.00 bits per heavy atom. The number of carbonyl (C=O) groups is 2. The zero-order valence-corrected chi connectivity index (χ0v) is 14.0. The highest BCUT2D eigenvalue weighted by molar-refractivity contribution is 7.10. The molecule has 1 aliphatic rings. The molecule has 0 spiro atoms. The van der Waals surface area contributed by atoms with E-state index >= 15 is 0 Å². The molecule has 6 nitrogen and oxygen atoms in total. The molecule has 23 heavy (non-hydrogen) atoms. The number of esters is 1. The van der Waals surface area contributed by atoms with Crippen molar-refractivity contribution in [2.45, 2.75) is 51.1 Å². The lowest BCUT2D eigenvalue weighted by Crippen LogP contribution is -2.53. The first-order chi connectivity index (χ1) is 11.1. The normalized spacial score (nSPS) is 21.0. The van der Waals surface area contributed by atoms with Gasteiger partial charge in [-0.2, -0.15) is 0 Å². The molecule has 2 atom stereocenters. The summed E-state index contributed by atoms with van der Waals surface area (Å²) in [5.74, 6) is -0.775. The van der Waals surface area contributed by atoms with Crippen molar-refractivity contribution >= 4 is 30.3 Å². The molecule has 1 fully saturated rings. The Labute approximate surface area is 140 Å². The standard InChI is InChI=1S/C15H22BNO5S/c1-2-21-15(19)8-6-11-5-7-13(16(20)22-11)17-14(18)10-12-4-3-9-23-12/h3-4,9,11,13,20H,2,5-8,10H2,1H3,(H,17,18)/t11-,13-/m0/s1. The Balaban J connectivity index is 1.71. The van der Waals surface area contributed by atoms with Gasteiger partial charge < -0.3 is 19.7 Å². The second kappa shape index (κ2) is 9.05. The Morgan fingerprint density at radius 1 is 1.52 bits per heavy atom. The van der Waals surface area contributed by atoms with Crippen molar-refractivity contribution in [3.63, 3.8) is 0 Å². The maximum absolute atomic E-state index is 12.0. The SMILES string of the molecule is CCOC(=O)CC[C@@H]1CC[C@H](NC(=O)Cc2cccs2)B(O)O1. The summed E-state index contributed by atoms with van der Waals surface area (Å²) < 4.78 is 10.4. The Hall–Kier alpha value is -1.38. The van der Waals surface area contributed by atoms with Crippen LogP contribution in [0, 0.1) is 0 Å². The van der Waals surface area contributed by atoms with Gasteiger partial charge in [0, 0.05) is 17.4 Å². The second-order valence-electron chi connectivity index (χ2n) is 5.50. The van der Waals surface area contributed by atoms with Crippen LogP contribution in [0.15, 0.2) is 17.5 Å². The molecule has 2 rings (SSSR count). The van der Waals surface area contributed by atoms with Gasteiger partial charge in [-0.3, -0.25) is 9.59 Å². The first-order valence-corrected chi connectivity index (χ1v) is 8.77. The molecule has 8 heteroatoms. The molecule has 0 aliphatic carbocycles. The fourth-order valence-electron chi connectivity index (χ4n) is 2.57. The third kappa shape index (κ3) is 5.97. The molecular weight excluding hydrogens is 317 g/mol. The van der Waals surface area contributed by atoms with Crippen LogP contribution >= 0.6 is 11.3 Å². The molecule has 1 saturated heterocycles. The Morgan fingerprint density at radius 2 is 2.35 bits per heavy atom. The zero-order chi connectivity index (χ0) is 16.7. The molecular formula is C15H22BNO5S. The lowest BCUT2D eigenvalue weighted by Gasteiger charge is -2.31. The third-order valence-electron chi connectivity index (χ3n) is 3.71. The lowest BCUT2D eigenvalue weighted by molar-refractivity contribution is -0.143. The molecule has 0 aromatic carbocycles. The lowest BCUT2D eigenvalue weighted by atomic mass is 9.72. The minimum Gasteiger partial charge on any atom is -0.466 e. The highest BCUT2D eigenvalue weighted by Crippen LogP contribution is 2.20. The Kier molecular flexibility index (Phi) is 7.07. The highest BCUT2D eigenvalue weighted by atomic mass is 32.1. The van der Waals surface area contributed by atoms with Crippen LogP contribution in [-0.2, 0) is 25.4 Å². The molecule has 2 N–H and O–H groups in total. The quantitative estimate of drug-likeness (QED) is 0.578. The minimum absolute atomic E-state index is 0.120. The predicted molar refractivity (Wildman–Crippen MR) is 87.9 cm³/mol. The van der Waals surface area contributed by atoms with Gasteiger partial charge in [0.1, 0.15) is 0 Å². The number of nitrogens with one attached hydrogen (secondary N) is 1. The largest absolute Gasteiger partial charge is 0.478 e. The Bertz CT molecular complexity index is 510. The van der Waals surface area contributed by atoms with Gasteiger partial charge in [-0.25, -0.2) is 0 Å². The monoisotopic (exact) mass is 339 g/mol. The van der Waals surface area contributed by atoms with E-state index in [1.165, 1.54) is 11.3 Å². The molecule has 1 amide bonds. The van der Waals surface area contributed by atoms with Crippen LogP contribution in [0.4, 0.5) is 0 Å². The average Bonchev–Trinajstić information content (AvgIpc) is 3.01. The maximum atomic E-state index is 12.0. The molecule has 1 aromatic rings. The fraction of sp³-hybridized carbons (Fsp3) is 0.600. The van der Waals surface area contributed by atoms with Crippen LogP contribution < -0.4 is 5.32 Å². The van der Waals surface area contributed by atoms with Gasteiger partial charge in [-0.05, 0) is 37.6 Å². The summed E-state index contributed by atoms with van der Waals surface area (Å²) in [6.07, 6.45) is 2.25. The van der Waals surface area contributed by atoms with E-state index in [-0.39, 0.29) is 24.4 Å². The zero-order valence-electron chi connectivity index (χ0n) is 13.2. The third-order valence-corrected chi connectivity index (χ3v) is 4.59. The first kappa shape index (κ1) is 18.0. The van der Waals surface area contributed by atoms with Crippen LogP contribution in [0.1, 0.15) is 37.5 Å². The van der Waals surface area contributed by atoms with Crippen LogP contribution in [0.25, 0.3) is 0 Å². The van der Waals surface area contributed by atoms with Crippen LogP contribution in [-0.4, -0.2) is 42.7 Å². The van der Waals surface area contributed by atoms with Crippen LogP contribution in [0.5, 0.6) is 0 Å². The fourth-order valence-corrected chi connectivity index (χ4v) is 3.27. The van der Waals surface area contributed by atoms with E-state index in [2.05, 4.69) is 5.32 Å². The number of amides is 1. The molecule has 0 unspecified atom stereocenters. The van der Waals surface area contributed by atoms with Crippen molar-refractivity contribution in [2.75, 3.05) is 6.61 Å². The summed E-state index contributed by atoms with van der Waals surface area (Å²) in [4.78, 5) is 24.3. The van der Waals surface area contributed by atoms with Crippen LogP contribution in [0.3, 0.4) is 0 Å². The summed E-state index contributed by atoms with van der Waals surface area (Å²) in [6.45, 7) is 2.13. The second-order valence-corrected chi connectivity index (χ2v) is 6.53. The summed E-state index contributed by atoms with van der Waals surface area (Å²) in [5, 5.41) is 14.8. The number of hydrogen-bond acceptors (Lipinski definition) is 6.